The van der Waals surface area contributed by atoms with Gasteiger partial charge in [-0.1, -0.05) is 0 Å². The molecular formula is C23H27N7O3S. The van der Waals surface area contributed by atoms with Crippen LogP contribution in [0.25, 0.3) is 10.1 Å². The van der Waals surface area contributed by atoms with Crippen LogP contribution in [0, 0.1) is 0 Å². The summed E-state index contributed by atoms with van der Waals surface area (Å²) in [6, 6.07) is 3.13. The number of rotatable bonds is 7. The number of hydrogen-bond donors (Lipinski definition) is 3. The highest BCUT2D eigenvalue weighted by atomic mass is 32.1. The number of nitrogens with two attached hydrogens (primary N) is 1. The van der Waals surface area contributed by atoms with Gasteiger partial charge in [0.25, 0.3) is 5.56 Å². The second kappa shape index (κ2) is 9.51. The number of thiophene rings is 1. The van der Waals surface area contributed by atoms with Gasteiger partial charge in [-0.3, -0.25) is 19.0 Å². The van der Waals surface area contributed by atoms with Crippen molar-refractivity contribution in [1.82, 2.24) is 24.8 Å². The van der Waals surface area contributed by atoms with Crippen molar-refractivity contribution in [1.29, 1.82) is 0 Å². The summed E-state index contributed by atoms with van der Waals surface area (Å²) in [5.41, 5.74) is 5.47. The molecule has 2 aliphatic rings. The molecule has 5 heterocycles. The summed E-state index contributed by atoms with van der Waals surface area (Å²) in [6.45, 7) is 3.05. The van der Waals surface area contributed by atoms with Crippen LogP contribution in [-0.4, -0.2) is 50.9 Å². The zero-order chi connectivity index (χ0) is 23.7. The maximum Gasteiger partial charge on any atom is 0.278 e. The number of pyridine rings is 1. The molecule has 34 heavy (non-hydrogen) atoms. The van der Waals surface area contributed by atoms with Gasteiger partial charge in [-0.2, -0.15) is 0 Å². The number of anilines is 2. The Hall–Kier alpha value is -3.31. The number of amides is 2. The summed E-state index contributed by atoms with van der Waals surface area (Å²) in [5, 5.41) is 6.60. The minimum Gasteiger partial charge on any atom is -0.384 e. The monoisotopic (exact) mass is 481 g/mol. The number of carbonyl (C=O) groups excluding carboxylic acids is 2. The molecule has 1 fully saturated rings. The fraction of sp³-hybridized carbons (Fsp3) is 0.435. The Kier molecular flexibility index (Phi) is 6.29. The Labute approximate surface area is 200 Å². The predicted octanol–water partition coefficient (Wildman–Crippen LogP) is 1.66. The van der Waals surface area contributed by atoms with Crippen LogP contribution in [0.4, 0.5) is 11.5 Å². The number of aromatic nitrogens is 3. The lowest BCUT2D eigenvalue weighted by Crippen LogP contribution is -2.36. The highest BCUT2D eigenvalue weighted by Crippen LogP contribution is 2.27. The van der Waals surface area contributed by atoms with Crippen LogP contribution in [0.3, 0.4) is 0 Å². The van der Waals surface area contributed by atoms with Crippen molar-refractivity contribution in [2.45, 2.75) is 44.7 Å². The zero-order valence-electron chi connectivity index (χ0n) is 18.7. The normalized spacial score (nSPS) is 17.7. The van der Waals surface area contributed by atoms with Crippen LogP contribution < -0.4 is 21.9 Å². The van der Waals surface area contributed by atoms with Gasteiger partial charge in [-0.15, -0.1) is 11.3 Å². The summed E-state index contributed by atoms with van der Waals surface area (Å²) < 4.78 is 2.43. The van der Waals surface area contributed by atoms with Gasteiger partial charge in [-0.25, -0.2) is 9.97 Å². The Morgan fingerprint density at radius 2 is 2.00 bits per heavy atom. The molecule has 4 N–H and O–H groups in total. The lowest BCUT2D eigenvalue weighted by molar-refractivity contribution is -0.124. The van der Waals surface area contributed by atoms with E-state index in [0.29, 0.717) is 44.0 Å². The molecule has 3 aromatic heterocycles. The average Bonchev–Trinajstić information content (AvgIpc) is 3.57. The molecule has 2 amide bonds. The topological polar surface area (TPSA) is 135 Å². The highest BCUT2D eigenvalue weighted by Gasteiger charge is 2.31. The number of fused-ring (bicyclic) bond motifs is 2. The van der Waals surface area contributed by atoms with E-state index in [9.17, 15) is 14.4 Å². The average molecular weight is 482 g/mol. The summed E-state index contributed by atoms with van der Waals surface area (Å²) in [6.07, 6.45) is 6.79. The molecule has 10 nitrogen and oxygen atoms in total. The minimum absolute atomic E-state index is 0.115. The van der Waals surface area contributed by atoms with E-state index in [1.54, 1.807) is 17.5 Å². The third-order valence-corrected chi connectivity index (χ3v) is 7.46. The van der Waals surface area contributed by atoms with Crippen molar-refractivity contribution in [3.63, 3.8) is 0 Å². The number of aryl methyl sites for hydroxylation is 1. The molecule has 0 aromatic carbocycles. The first-order chi connectivity index (χ1) is 16.5. The van der Waals surface area contributed by atoms with E-state index in [2.05, 4.69) is 25.5 Å². The van der Waals surface area contributed by atoms with Gasteiger partial charge in [0.05, 0.1) is 12.7 Å². The van der Waals surface area contributed by atoms with Crippen LogP contribution in [0.1, 0.15) is 42.4 Å². The molecule has 5 rings (SSSR count). The van der Waals surface area contributed by atoms with Crippen molar-refractivity contribution in [2.24, 2.45) is 0 Å². The first-order valence-electron chi connectivity index (χ1n) is 11.5. The van der Waals surface area contributed by atoms with Crippen LogP contribution in [0.5, 0.6) is 0 Å². The summed E-state index contributed by atoms with van der Waals surface area (Å²) in [4.78, 5) is 50.1. The van der Waals surface area contributed by atoms with Crippen molar-refractivity contribution >= 4 is 44.7 Å². The van der Waals surface area contributed by atoms with Crippen molar-refractivity contribution in [3.05, 3.63) is 45.6 Å². The molecule has 0 spiro atoms. The molecule has 178 valence electrons. The third kappa shape index (κ3) is 4.66. The number of hydrogen-bond acceptors (Lipinski definition) is 8. The predicted molar refractivity (Wildman–Crippen MR) is 131 cm³/mol. The number of likely N-dealkylation sites (tertiary alicyclic amines) is 1. The van der Waals surface area contributed by atoms with E-state index in [0.717, 1.165) is 40.9 Å². The second-order valence-corrected chi connectivity index (χ2v) is 9.91. The van der Waals surface area contributed by atoms with Crippen molar-refractivity contribution in [2.75, 3.05) is 30.7 Å². The molecular weight excluding hydrogens is 454 g/mol. The molecule has 11 heteroatoms. The van der Waals surface area contributed by atoms with Gasteiger partial charge in [0.15, 0.2) is 0 Å². The minimum atomic E-state index is -0.650. The lowest BCUT2D eigenvalue weighted by Gasteiger charge is -2.16. The molecule has 0 bridgehead atoms. The van der Waals surface area contributed by atoms with E-state index in [1.807, 2.05) is 12.1 Å². The second-order valence-electron chi connectivity index (χ2n) is 8.74. The number of carbonyl (C=O) groups is 2. The maximum absolute atomic E-state index is 13.1. The van der Waals surface area contributed by atoms with Gasteiger partial charge in [0, 0.05) is 40.5 Å². The van der Waals surface area contributed by atoms with Gasteiger partial charge >= 0.3 is 0 Å². The third-order valence-electron chi connectivity index (χ3n) is 6.36. The fourth-order valence-corrected chi connectivity index (χ4v) is 5.62. The quantitative estimate of drug-likeness (QED) is 0.467. The molecule has 0 saturated carbocycles. The molecule has 1 saturated heterocycles. The van der Waals surface area contributed by atoms with E-state index in [4.69, 9.17) is 5.73 Å². The fourth-order valence-electron chi connectivity index (χ4n) is 4.60. The van der Waals surface area contributed by atoms with Crippen LogP contribution in [0.2, 0.25) is 0 Å². The Morgan fingerprint density at radius 3 is 2.82 bits per heavy atom. The number of nitrogen functional groups attached to an aromatic ring is 1. The lowest BCUT2D eigenvalue weighted by atomic mass is 10.2. The molecule has 0 aliphatic carbocycles. The van der Waals surface area contributed by atoms with E-state index in [-0.39, 0.29) is 23.1 Å². The number of nitrogens with one attached hydrogen (secondary N) is 2. The van der Waals surface area contributed by atoms with Gasteiger partial charge < -0.3 is 21.3 Å². The molecule has 0 radical (unpaired) electrons. The van der Waals surface area contributed by atoms with E-state index < -0.39 is 6.04 Å². The highest BCUT2D eigenvalue weighted by molar-refractivity contribution is 7.19. The zero-order valence-corrected chi connectivity index (χ0v) is 19.6. The summed E-state index contributed by atoms with van der Waals surface area (Å²) in [7, 11) is 0. The summed E-state index contributed by atoms with van der Waals surface area (Å²) >= 11 is 1.54. The van der Waals surface area contributed by atoms with Gasteiger partial charge in [-0.05, 0) is 44.5 Å². The van der Waals surface area contributed by atoms with Gasteiger partial charge in [0.1, 0.15) is 23.4 Å². The van der Waals surface area contributed by atoms with Crippen LogP contribution in [0.15, 0.2) is 29.3 Å². The number of nitrogens with zero attached hydrogens (tertiary/aromatic N) is 4. The Balaban J connectivity index is 1.24. The van der Waals surface area contributed by atoms with Crippen LogP contribution in [-0.2, 0) is 22.6 Å². The Morgan fingerprint density at radius 1 is 1.18 bits per heavy atom. The Bertz CT molecular complexity index is 1300. The maximum atomic E-state index is 13.1. The smallest absolute Gasteiger partial charge is 0.278 e. The van der Waals surface area contributed by atoms with E-state index >= 15 is 0 Å². The first kappa shape index (κ1) is 22.5. The first-order valence-corrected chi connectivity index (χ1v) is 12.3. The van der Waals surface area contributed by atoms with Crippen molar-refractivity contribution in [3.8, 4) is 0 Å². The van der Waals surface area contributed by atoms with Gasteiger partial charge in [0.2, 0.25) is 11.8 Å². The standard InChI is InChI=1S/C23H27N7O3S/c24-19-10-18-14(11-25-19)9-15(34-18)12-27-22(32)17-3-4-20-26-13-16(23(33)30(17)20)28-21(31)5-8-29-6-1-2-7-29/h9-11,13,17H,1-8,12H2,(H2,24,25)(H,27,32)(H,28,31)/t17-/m0/s1. The largest absolute Gasteiger partial charge is 0.384 e. The van der Waals surface area contributed by atoms with Crippen LogP contribution >= 0.6 is 11.3 Å². The molecule has 3 aromatic rings. The molecule has 1 atom stereocenters. The summed E-state index contributed by atoms with van der Waals surface area (Å²) in [5.74, 6) is 0.558. The molecule has 2 aliphatic heterocycles. The molecule has 0 unspecified atom stereocenters. The van der Waals surface area contributed by atoms with E-state index in [1.165, 1.54) is 10.8 Å². The van der Waals surface area contributed by atoms with Crippen molar-refractivity contribution < 1.29 is 9.59 Å². The SMILES string of the molecule is Nc1cc2sc(CNC(=O)[C@@H]3CCc4ncc(NC(=O)CCN5CCCC5)c(=O)n43)cc2cn1.